The molecule has 0 heterocycles. The number of benzene rings is 2. The molecule has 2 aromatic rings. The number of hydroxylamine groups is 2. The molecule has 22 heavy (non-hydrogen) atoms. The van der Waals surface area contributed by atoms with Crippen LogP contribution in [0, 0.1) is 0 Å². The lowest BCUT2D eigenvalue weighted by molar-refractivity contribution is -0.175. The summed E-state index contributed by atoms with van der Waals surface area (Å²) < 4.78 is 0. The number of fused-ring (bicyclic) bond motifs is 1. The van der Waals surface area contributed by atoms with Crippen LogP contribution < -0.4 is 0 Å². The molecule has 0 unspecified atom stereocenters. The maximum absolute atomic E-state index is 12.3. The second-order valence-electron chi connectivity index (χ2n) is 4.68. The minimum Gasteiger partial charge on any atom is -0.480 e. The molecule has 0 saturated carbocycles. The number of rotatable bonds is 6. The van der Waals surface area contributed by atoms with Crippen LogP contribution in [0.4, 0.5) is 0 Å². The Bertz CT molecular complexity index is 680. The zero-order chi connectivity index (χ0) is 16.1. The van der Waals surface area contributed by atoms with E-state index in [0.717, 1.165) is 15.8 Å². The van der Waals surface area contributed by atoms with Crippen LogP contribution in [0.3, 0.4) is 0 Å². The third kappa shape index (κ3) is 3.24. The lowest BCUT2D eigenvalue weighted by Crippen LogP contribution is -2.44. The van der Waals surface area contributed by atoms with E-state index in [1.807, 2.05) is 24.3 Å². The molecule has 6 heteroatoms. The predicted octanol–water partition coefficient (Wildman–Crippen LogP) is 1.68. The molecule has 0 aliphatic heterocycles. The van der Waals surface area contributed by atoms with Crippen LogP contribution in [0.1, 0.15) is 17.3 Å². The lowest BCUT2D eigenvalue weighted by atomic mass is 10.1. The van der Waals surface area contributed by atoms with E-state index in [0.29, 0.717) is 5.56 Å². The summed E-state index contributed by atoms with van der Waals surface area (Å²) in [5, 5.41) is 20.8. The molecule has 0 aliphatic rings. The van der Waals surface area contributed by atoms with Gasteiger partial charge >= 0.3 is 11.9 Å². The summed E-state index contributed by atoms with van der Waals surface area (Å²) in [7, 11) is 0. The van der Waals surface area contributed by atoms with E-state index in [1.165, 1.54) is 0 Å². The quantitative estimate of drug-likeness (QED) is 0.790. The van der Waals surface area contributed by atoms with Gasteiger partial charge in [-0.3, -0.25) is 4.79 Å². The summed E-state index contributed by atoms with van der Waals surface area (Å²) >= 11 is 0. The molecule has 0 spiro atoms. The number of carboxylic acids is 1. The second kappa shape index (κ2) is 7.02. The third-order valence-corrected chi connectivity index (χ3v) is 3.33. The van der Waals surface area contributed by atoms with Crippen LogP contribution in [-0.2, 0) is 9.63 Å². The van der Waals surface area contributed by atoms with Crippen molar-refractivity contribution in [3.63, 3.8) is 0 Å². The van der Waals surface area contributed by atoms with Gasteiger partial charge < -0.3 is 15.1 Å². The molecule has 6 nitrogen and oxygen atoms in total. The smallest absolute Gasteiger partial charge is 0.357 e. The van der Waals surface area contributed by atoms with Gasteiger partial charge in [-0.15, -0.1) is 5.06 Å². The van der Waals surface area contributed by atoms with Gasteiger partial charge in [-0.25, -0.2) is 4.79 Å². The van der Waals surface area contributed by atoms with E-state index in [-0.39, 0.29) is 6.54 Å². The number of likely N-dealkylation sites (N-methyl/N-ethyl adjacent to an activating group) is 1. The van der Waals surface area contributed by atoms with Gasteiger partial charge in [-0.1, -0.05) is 36.4 Å². The molecule has 2 aromatic carbocycles. The van der Waals surface area contributed by atoms with E-state index < -0.39 is 24.6 Å². The van der Waals surface area contributed by atoms with Gasteiger partial charge in [0, 0.05) is 6.54 Å². The number of aliphatic carboxylic acids is 1. The summed E-state index contributed by atoms with van der Waals surface area (Å²) in [4.78, 5) is 28.6. The van der Waals surface area contributed by atoms with Crippen LogP contribution in [0.5, 0.6) is 0 Å². The Hall–Kier alpha value is -2.44. The maximum atomic E-state index is 12.3. The third-order valence-electron chi connectivity index (χ3n) is 3.33. The van der Waals surface area contributed by atoms with Crippen molar-refractivity contribution in [3.05, 3.63) is 48.0 Å². The van der Waals surface area contributed by atoms with Crippen molar-refractivity contribution < 1.29 is 24.6 Å². The van der Waals surface area contributed by atoms with Gasteiger partial charge in [0.05, 0.1) is 12.2 Å². The minimum absolute atomic E-state index is 0.147. The molecule has 2 rings (SSSR count). The first-order valence-corrected chi connectivity index (χ1v) is 6.88. The number of aliphatic hydroxyl groups excluding tert-OH is 1. The van der Waals surface area contributed by atoms with Gasteiger partial charge in [-0.05, 0) is 23.8 Å². The SMILES string of the molecule is CCN(OC(=O)c1cccc2ccccc12)[C@@H](CO)C(=O)O. The fraction of sp³-hybridized carbons (Fsp3) is 0.250. The molecule has 0 amide bonds. The highest BCUT2D eigenvalue weighted by atomic mass is 16.7. The number of hydrogen-bond donors (Lipinski definition) is 2. The molecule has 0 saturated heterocycles. The van der Waals surface area contributed by atoms with Gasteiger partial charge in [0.1, 0.15) is 0 Å². The molecule has 0 radical (unpaired) electrons. The van der Waals surface area contributed by atoms with Crippen molar-refractivity contribution >= 4 is 22.7 Å². The molecule has 1 atom stereocenters. The van der Waals surface area contributed by atoms with Gasteiger partial charge in [-0.2, -0.15) is 0 Å². The largest absolute Gasteiger partial charge is 0.480 e. The summed E-state index contributed by atoms with van der Waals surface area (Å²) in [6.07, 6.45) is 0. The molecule has 0 aliphatic carbocycles. The van der Waals surface area contributed by atoms with Crippen LogP contribution in [0.25, 0.3) is 10.8 Å². The average Bonchev–Trinajstić information content (AvgIpc) is 2.53. The van der Waals surface area contributed by atoms with Crippen molar-refractivity contribution in [1.29, 1.82) is 0 Å². The maximum Gasteiger partial charge on any atom is 0.357 e. The van der Waals surface area contributed by atoms with E-state index in [1.54, 1.807) is 25.1 Å². The Morgan fingerprint density at radius 1 is 1.18 bits per heavy atom. The number of hydrogen-bond acceptors (Lipinski definition) is 5. The Balaban J connectivity index is 2.28. The zero-order valence-corrected chi connectivity index (χ0v) is 12.1. The summed E-state index contributed by atoms with van der Waals surface area (Å²) in [6.45, 7) is 1.14. The van der Waals surface area contributed by atoms with Gasteiger partial charge in [0.2, 0.25) is 0 Å². The Kier molecular flexibility index (Phi) is 5.08. The van der Waals surface area contributed by atoms with E-state index in [9.17, 15) is 9.59 Å². The summed E-state index contributed by atoms with van der Waals surface area (Å²) in [5.41, 5.74) is 0.346. The van der Waals surface area contributed by atoms with Crippen molar-refractivity contribution in [1.82, 2.24) is 5.06 Å². The first-order valence-electron chi connectivity index (χ1n) is 6.88. The van der Waals surface area contributed by atoms with Crippen molar-refractivity contribution in [3.8, 4) is 0 Å². The monoisotopic (exact) mass is 303 g/mol. The highest BCUT2D eigenvalue weighted by Gasteiger charge is 2.28. The van der Waals surface area contributed by atoms with Crippen LogP contribution in [0.2, 0.25) is 0 Å². The van der Waals surface area contributed by atoms with Crippen LogP contribution in [-0.4, -0.2) is 46.4 Å². The topological polar surface area (TPSA) is 87.1 Å². The summed E-state index contributed by atoms with van der Waals surface area (Å²) in [5.74, 6) is -1.91. The number of carbonyl (C=O) groups is 2. The molecular weight excluding hydrogens is 286 g/mol. The first-order chi connectivity index (χ1) is 10.6. The van der Waals surface area contributed by atoms with Gasteiger partial charge in [0.25, 0.3) is 0 Å². The summed E-state index contributed by atoms with van der Waals surface area (Å²) in [6, 6.07) is 11.3. The fourth-order valence-electron chi connectivity index (χ4n) is 2.20. The van der Waals surface area contributed by atoms with E-state index in [2.05, 4.69) is 0 Å². The molecule has 0 fully saturated rings. The van der Waals surface area contributed by atoms with Gasteiger partial charge in [0.15, 0.2) is 6.04 Å². The van der Waals surface area contributed by atoms with Crippen molar-refractivity contribution in [2.24, 2.45) is 0 Å². The normalized spacial score (nSPS) is 12.3. The van der Waals surface area contributed by atoms with Crippen LogP contribution in [0.15, 0.2) is 42.5 Å². The molecule has 0 bridgehead atoms. The molecule has 116 valence electrons. The minimum atomic E-state index is -1.29. The highest BCUT2D eigenvalue weighted by molar-refractivity contribution is 6.04. The number of carbonyl (C=O) groups excluding carboxylic acids is 1. The average molecular weight is 303 g/mol. The van der Waals surface area contributed by atoms with Crippen molar-refractivity contribution in [2.75, 3.05) is 13.2 Å². The standard InChI is InChI=1S/C16H17NO5/c1-2-17(14(10-18)15(19)20)22-16(21)13-9-5-7-11-6-3-4-8-12(11)13/h3-9,14,18H,2,10H2,1H3,(H,19,20)/t14-/m0/s1. The number of nitrogens with zero attached hydrogens (tertiary/aromatic N) is 1. The van der Waals surface area contributed by atoms with Crippen molar-refractivity contribution in [2.45, 2.75) is 13.0 Å². The predicted molar refractivity (Wildman–Crippen MR) is 80.3 cm³/mol. The first kappa shape index (κ1) is 15.9. The second-order valence-corrected chi connectivity index (χ2v) is 4.68. The Morgan fingerprint density at radius 2 is 1.86 bits per heavy atom. The Labute approximate surface area is 127 Å². The zero-order valence-electron chi connectivity index (χ0n) is 12.1. The van der Waals surface area contributed by atoms with E-state index >= 15 is 0 Å². The molecule has 2 N–H and O–H groups in total. The van der Waals surface area contributed by atoms with Crippen LogP contribution >= 0.6 is 0 Å². The number of aliphatic hydroxyl groups is 1. The Morgan fingerprint density at radius 3 is 2.50 bits per heavy atom. The highest BCUT2D eigenvalue weighted by Crippen LogP contribution is 2.20. The molecule has 0 aromatic heterocycles. The fourth-order valence-corrected chi connectivity index (χ4v) is 2.20. The lowest BCUT2D eigenvalue weighted by Gasteiger charge is -2.24. The number of carboxylic acid groups (broad SMARTS) is 1. The van der Waals surface area contributed by atoms with E-state index in [4.69, 9.17) is 15.1 Å². The molecular formula is C16H17NO5.